The summed E-state index contributed by atoms with van der Waals surface area (Å²) < 4.78 is 11.8. The third-order valence-electron chi connectivity index (χ3n) is 2.43. The number of ether oxygens (including phenoxy) is 2. The number of rotatable bonds is 5. The molecule has 2 rings (SSSR count). The summed E-state index contributed by atoms with van der Waals surface area (Å²) in [6.07, 6.45) is 1.57. The normalized spacial score (nSPS) is 10.8. The van der Waals surface area contributed by atoms with Gasteiger partial charge in [0, 0.05) is 11.8 Å². The number of carbonyl (C=O) groups excluding carboxylic acids is 1. The van der Waals surface area contributed by atoms with Crippen LogP contribution in [0.5, 0.6) is 0 Å². The first-order valence-corrected chi connectivity index (χ1v) is 6.56. The summed E-state index contributed by atoms with van der Waals surface area (Å²) in [6, 6.07) is 1.91. The Balaban J connectivity index is 2.01. The molecule has 2 aromatic heterocycles. The number of nitrogens with zero attached hydrogens (tertiary/aromatic N) is 2. The van der Waals surface area contributed by atoms with Crippen LogP contribution in [-0.2, 0) is 21.0 Å². The molecule has 0 unspecified atom stereocenters. The minimum Gasteiger partial charge on any atom is -0.463 e. The zero-order chi connectivity index (χ0) is 13.8. The van der Waals surface area contributed by atoms with E-state index in [1.807, 2.05) is 13.0 Å². The Morgan fingerprint density at radius 2 is 2.26 bits per heavy atom. The van der Waals surface area contributed by atoms with E-state index in [2.05, 4.69) is 4.98 Å². The molecule has 0 N–H and O–H groups in total. The van der Waals surface area contributed by atoms with Crippen LogP contribution in [0.3, 0.4) is 0 Å². The lowest BCUT2D eigenvalue weighted by Crippen LogP contribution is -2.10. The van der Waals surface area contributed by atoms with Gasteiger partial charge in [-0.3, -0.25) is 9.59 Å². The summed E-state index contributed by atoms with van der Waals surface area (Å²) in [6.45, 7) is 4.02. The van der Waals surface area contributed by atoms with Gasteiger partial charge < -0.3 is 14.0 Å². The molecule has 0 radical (unpaired) electrons. The van der Waals surface area contributed by atoms with E-state index < -0.39 is 0 Å². The van der Waals surface area contributed by atoms with Gasteiger partial charge in [-0.1, -0.05) is 11.3 Å². The molecule has 0 fully saturated rings. The Morgan fingerprint density at radius 1 is 1.47 bits per heavy atom. The molecular weight excluding hydrogens is 268 g/mol. The Kier molecular flexibility index (Phi) is 4.28. The fourth-order valence-electron chi connectivity index (χ4n) is 1.63. The average Bonchev–Trinajstić information content (AvgIpc) is 2.72. The lowest BCUT2D eigenvalue weighted by atomic mass is 10.4. The lowest BCUT2D eigenvalue weighted by Gasteiger charge is -2.06. The van der Waals surface area contributed by atoms with Crippen LogP contribution in [0.1, 0.15) is 11.8 Å². The molecule has 7 heteroatoms. The first-order chi connectivity index (χ1) is 9.08. The van der Waals surface area contributed by atoms with Gasteiger partial charge in [0.1, 0.15) is 18.9 Å². The maximum atomic E-state index is 11.7. The van der Waals surface area contributed by atoms with E-state index in [4.69, 9.17) is 9.47 Å². The molecule has 2 aromatic rings. The van der Waals surface area contributed by atoms with Gasteiger partial charge >= 0.3 is 5.97 Å². The topological polar surface area (TPSA) is 70.4 Å². The van der Waals surface area contributed by atoms with E-state index in [1.165, 1.54) is 18.3 Å². The van der Waals surface area contributed by atoms with Crippen LogP contribution < -0.4 is 4.74 Å². The van der Waals surface area contributed by atoms with Crippen LogP contribution in [0.4, 0.5) is 0 Å². The Labute approximate surface area is 113 Å². The van der Waals surface area contributed by atoms with E-state index >= 15 is 0 Å². The minimum absolute atomic E-state index is 0.0475. The van der Waals surface area contributed by atoms with Gasteiger partial charge in [0.05, 0.1) is 18.5 Å². The molecule has 0 aromatic carbocycles. The summed E-state index contributed by atoms with van der Waals surface area (Å²) in [5, 5.41) is 0. The zero-order valence-electron chi connectivity index (χ0n) is 10.7. The molecule has 0 spiro atoms. The van der Waals surface area contributed by atoms with Gasteiger partial charge in [0.2, 0.25) is 0 Å². The highest BCUT2D eigenvalue weighted by Gasteiger charge is 2.07. The number of hydrogen-bond acceptors (Lipinski definition) is 6. The van der Waals surface area contributed by atoms with Gasteiger partial charge in [0.15, 0.2) is 0 Å². The maximum absolute atomic E-state index is 11.7. The van der Waals surface area contributed by atoms with Crippen molar-refractivity contribution >= 4 is 28.3 Å². The molecule has 0 saturated carbocycles. The number of aryl methyl sites for hydroxylation is 1. The molecule has 0 amide bonds. The summed E-state index contributed by atoms with van der Waals surface area (Å²) in [7, 11) is 0. The lowest BCUT2D eigenvalue weighted by molar-refractivity contribution is -0.142. The van der Waals surface area contributed by atoms with Crippen molar-refractivity contribution in [1.29, 1.82) is 0 Å². The highest BCUT2D eigenvalue weighted by Crippen LogP contribution is 2.13. The second-order valence-corrected chi connectivity index (χ2v) is 5.19. The van der Waals surface area contributed by atoms with E-state index in [0.29, 0.717) is 12.1 Å². The van der Waals surface area contributed by atoms with Crippen molar-refractivity contribution in [2.24, 2.45) is 0 Å². The predicted molar refractivity (Wildman–Crippen MR) is 71.2 cm³/mol. The highest BCUT2D eigenvalue weighted by molar-refractivity contribution is 7.09. The number of carbonyl (C=O) groups is 1. The summed E-state index contributed by atoms with van der Waals surface area (Å²) >= 11 is 1.18. The summed E-state index contributed by atoms with van der Waals surface area (Å²) in [5.41, 5.74) is 1.22. The van der Waals surface area contributed by atoms with Crippen molar-refractivity contribution in [2.75, 3.05) is 13.2 Å². The first kappa shape index (κ1) is 13.7. The van der Waals surface area contributed by atoms with E-state index in [1.54, 1.807) is 10.9 Å². The summed E-state index contributed by atoms with van der Waals surface area (Å²) in [4.78, 5) is 27.3. The molecule has 0 aliphatic rings. The van der Waals surface area contributed by atoms with E-state index in [9.17, 15) is 9.59 Å². The second kappa shape index (κ2) is 5.94. The molecule has 0 saturated heterocycles. The number of imidazole rings is 1. The molecule has 0 bridgehead atoms. The fourth-order valence-corrected chi connectivity index (χ4v) is 2.34. The van der Waals surface area contributed by atoms with Crippen molar-refractivity contribution in [1.82, 2.24) is 9.55 Å². The average molecular weight is 282 g/mol. The SMILES string of the molecule is CC(=O)OCCOCn1cnc2c(=O)sc(C)cc21. The van der Waals surface area contributed by atoms with Crippen molar-refractivity contribution in [3.63, 3.8) is 0 Å². The molecule has 0 aliphatic carbocycles. The number of aromatic nitrogens is 2. The van der Waals surface area contributed by atoms with Crippen molar-refractivity contribution in [2.45, 2.75) is 20.6 Å². The molecule has 19 heavy (non-hydrogen) atoms. The number of fused-ring (bicyclic) bond motifs is 1. The van der Waals surface area contributed by atoms with E-state index in [-0.39, 0.29) is 24.0 Å². The van der Waals surface area contributed by atoms with Gasteiger partial charge in [-0.2, -0.15) is 0 Å². The molecule has 0 aliphatic heterocycles. The molecule has 6 nitrogen and oxygen atoms in total. The van der Waals surface area contributed by atoms with Crippen LogP contribution in [0.25, 0.3) is 11.0 Å². The minimum atomic E-state index is -0.329. The third kappa shape index (κ3) is 3.39. The Hall–Kier alpha value is -1.73. The quantitative estimate of drug-likeness (QED) is 0.610. The highest BCUT2D eigenvalue weighted by atomic mass is 32.1. The first-order valence-electron chi connectivity index (χ1n) is 5.74. The smallest absolute Gasteiger partial charge is 0.302 e. The molecular formula is C12H14N2O4S. The van der Waals surface area contributed by atoms with Crippen molar-refractivity contribution in [3.8, 4) is 0 Å². The second-order valence-electron chi connectivity index (χ2n) is 3.97. The number of hydrogen-bond donors (Lipinski definition) is 0. The monoisotopic (exact) mass is 282 g/mol. The zero-order valence-corrected chi connectivity index (χ0v) is 11.5. The maximum Gasteiger partial charge on any atom is 0.302 e. The molecule has 0 atom stereocenters. The predicted octanol–water partition coefficient (Wildman–Crippen LogP) is 1.30. The van der Waals surface area contributed by atoms with Crippen LogP contribution in [-0.4, -0.2) is 28.7 Å². The molecule has 102 valence electrons. The molecule has 2 heterocycles. The van der Waals surface area contributed by atoms with Gasteiger partial charge in [0.25, 0.3) is 4.74 Å². The summed E-state index contributed by atoms with van der Waals surface area (Å²) in [5.74, 6) is -0.329. The Morgan fingerprint density at radius 3 is 3.00 bits per heavy atom. The van der Waals surface area contributed by atoms with Crippen molar-refractivity contribution in [3.05, 3.63) is 26.8 Å². The third-order valence-corrected chi connectivity index (χ3v) is 3.25. The van der Waals surface area contributed by atoms with Crippen molar-refractivity contribution < 1.29 is 14.3 Å². The van der Waals surface area contributed by atoms with Crippen LogP contribution in [0, 0.1) is 6.92 Å². The number of esters is 1. The van der Waals surface area contributed by atoms with Gasteiger partial charge in [-0.25, -0.2) is 4.98 Å². The Bertz CT molecular complexity index is 647. The standard InChI is InChI=1S/C12H14N2O4S/c1-8-5-10-11(12(16)19-8)13-6-14(10)7-17-3-4-18-9(2)15/h5-6H,3-4,7H2,1-2H3. The largest absolute Gasteiger partial charge is 0.463 e. The van der Waals surface area contributed by atoms with Crippen LogP contribution in [0.15, 0.2) is 17.2 Å². The van der Waals surface area contributed by atoms with Gasteiger partial charge in [-0.05, 0) is 13.0 Å². The van der Waals surface area contributed by atoms with Crippen LogP contribution >= 0.6 is 11.3 Å². The fraction of sp³-hybridized carbons (Fsp3) is 0.417. The van der Waals surface area contributed by atoms with Gasteiger partial charge in [-0.15, -0.1) is 0 Å². The van der Waals surface area contributed by atoms with Crippen LogP contribution in [0.2, 0.25) is 0 Å². The van der Waals surface area contributed by atoms with E-state index in [0.717, 1.165) is 10.4 Å².